The van der Waals surface area contributed by atoms with Gasteiger partial charge in [0.2, 0.25) is 11.8 Å². The molecule has 0 bridgehead atoms. The maximum absolute atomic E-state index is 12.2. The van der Waals surface area contributed by atoms with E-state index in [9.17, 15) is 9.59 Å². The molecule has 3 rings (SSSR count). The van der Waals surface area contributed by atoms with Gasteiger partial charge in [0.15, 0.2) is 0 Å². The third kappa shape index (κ3) is 4.20. The highest BCUT2D eigenvalue weighted by Crippen LogP contribution is 2.23. The van der Waals surface area contributed by atoms with E-state index in [-0.39, 0.29) is 17.6 Å². The van der Waals surface area contributed by atoms with Crippen molar-refractivity contribution in [2.75, 3.05) is 5.75 Å². The molecule has 126 valence electrons. The lowest BCUT2D eigenvalue weighted by Crippen LogP contribution is -2.44. The summed E-state index contributed by atoms with van der Waals surface area (Å²) in [7, 11) is 0. The fourth-order valence-corrected chi connectivity index (χ4v) is 3.48. The van der Waals surface area contributed by atoms with Gasteiger partial charge in [0, 0.05) is 12.3 Å². The number of fused-ring (bicyclic) bond motifs is 1. The Morgan fingerprint density at radius 1 is 1.24 bits per heavy atom. The fourth-order valence-electron chi connectivity index (χ4n) is 2.69. The van der Waals surface area contributed by atoms with Crippen LogP contribution >= 0.6 is 11.8 Å². The Labute approximate surface area is 150 Å². The first-order chi connectivity index (χ1) is 12.2. The van der Waals surface area contributed by atoms with Crippen LogP contribution in [0, 0.1) is 11.3 Å². The molecular weight excluding hydrogens is 334 g/mol. The number of hydrogen-bond acceptors (Lipinski definition) is 4. The summed E-state index contributed by atoms with van der Waals surface area (Å²) in [6, 6.07) is 16.4. The van der Waals surface area contributed by atoms with Gasteiger partial charge in [-0.25, -0.2) is 0 Å². The average molecular weight is 351 g/mol. The molecule has 1 atom stereocenters. The number of thioether (sulfide) groups is 1. The zero-order valence-electron chi connectivity index (χ0n) is 13.5. The monoisotopic (exact) mass is 351 g/mol. The molecule has 0 fully saturated rings. The third-order valence-electron chi connectivity index (χ3n) is 3.97. The maximum Gasteiger partial charge on any atom is 0.247 e. The molecular formula is C19H17N3O2S. The molecule has 0 aliphatic carbocycles. The molecule has 2 aromatic rings. The van der Waals surface area contributed by atoms with Crippen LogP contribution in [0.15, 0.2) is 48.5 Å². The molecule has 2 N–H and O–H groups in total. The Hall–Kier alpha value is -2.78. The van der Waals surface area contributed by atoms with Crippen LogP contribution in [0.4, 0.5) is 0 Å². The predicted molar refractivity (Wildman–Crippen MR) is 96.5 cm³/mol. The summed E-state index contributed by atoms with van der Waals surface area (Å²) in [5, 5.41) is 14.4. The number of hydrogen-bond donors (Lipinski definition) is 2. The van der Waals surface area contributed by atoms with E-state index in [4.69, 9.17) is 5.26 Å². The minimum atomic E-state index is -0.632. The van der Waals surface area contributed by atoms with E-state index in [1.807, 2.05) is 36.4 Å². The topological polar surface area (TPSA) is 82.0 Å². The van der Waals surface area contributed by atoms with E-state index in [2.05, 4.69) is 16.7 Å². The highest BCUT2D eigenvalue weighted by molar-refractivity contribution is 7.99. The number of carbonyl (C=O) groups excluding carboxylic acids is 2. The third-order valence-corrected chi connectivity index (χ3v) is 4.98. The molecule has 25 heavy (non-hydrogen) atoms. The van der Waals surface area contributed by atoms with Gasteiger partial charge < -0.3 is 10.6 Å². The first kappa shape index (κ1) is 17.1. The summed E-state index contributed by atoms with van der Waals surface area (Å²) >= 11 is 1.47. The van der Waals surface area contributed by atoms with E-state index < -0.39 is 6.04 Å². The minimum Gasteiger partial charge on any atom is -0.350 e. The maximum atomic E-state index is 12.2. The second-order valence-electron chi connectivity index (χ2n) is 5.72. The van der Waals surface area contributed by atoms with Crippen molar-refractivity contribution in [1.82, 2.24) is 10.6 Å². The van der Waals surface area contributed by atoms with E-state index in [0.29, 0.717) is 17.9 Å². The lowest BCUT2D eigenvalue weighted by molar-refractivity contribution is -0.128. The number of benzene rings is 2. The Bertz CT molecular complexity index is 827. The summed E-state index contributed by atoms with van der Waals surface area (Å²) in [5.74, 6) is 0.595. The van der Waals surface area contributed by atoms with Crippen LogP contribution < -0.4 is 10.6 Å². The van der Waals surface area contributed by atoms with Crippen molar-refractivity contribution >= 4 is 23.6 Å². The molecule has 1 aliphatic heterocycles. The van der Waals surface area contributed by atoms with Crippen molar-refractivity contribution in [3.8, 4) is 6.07 Å². The smallest absolute Gasteiger partial charge is 0.247 e. The van der Waals surface area contributed by atoms with Crippen molar-refractivity contribution in [3.63, 3.8) is 0 Å². The molecule has 0 radical (unpaired) electrons. The number of nitrogens with one attached hydrogen (secondary N) is 2. The molecule has 0 aromatic heterocycles. The molecule has 1 unspecified atom stereocenters. The van der Waals surface area contributed by atoms with Crippen LogP contribution in [0.3, 0.4) is 0 Å². The lowest BCUT2D eigenvalue weighted by atomic mass is 9.96. The van der Waals surface area contributed by atoms with Crippen LogP contribution in [0.5, 0.6) is 0 Å². The first-order valence-corrected chi connectivity index (χ1v) is 9.04. The molecule has 1 aliphatic rings. The van der Waals surface area contributed by atoms with Crippen molar-refractivity contribution in [3.05, 3.63) is 70.8 Å². The molecule has 0 spiro atoms. The van der Waals surface area contributed by atoms with Crippen molar-refractivity contribution in [1.29, 1.82) is 5.26 Å². The molecule has 6 heteroatoms. The first-order valence-electron chi connectivity index (χ1n) is 7.89. The summed E-state index contributed by atoms with van der Waals surface area (Å²) in [6.07, 6.45) is 0. The number of rotatable bonds is 5. The van der Waals surface area contributed by atoms with Crippen LogP contribution in [-0.4, -0.2) is 17.6 Å². The van der Waals surface area contributed by atoms with E-state index >= 15 is 0 Å². The number of nitriles is 1. The standard InChI is InChI=1S/C19H17N3O2S/c20-9-13-5-7-14(8-6-13)11-25-12-17(23)22-18-16-4-2-1-3-15(16)10-21-19(18)24/h1-8,18H,10-12H2,(H,21,24)(H,22,23). The average Bonchev–Trinajstić information content (AvgIpc) is 2.65. The summed E-state index contributed by atoms with van der Waals surface area (Å²) in [5.41, 5.74) is 3.56. The minimum absolute atomic E-state index is 0.171. The molecule has 0 saturated carbocycles. The number of carbonyl (C=O) groups is 2. The van der Waals surface area contributed by atoms with Gasteiger partial charge in [0.05, 0.1) is 17.4 Å². The van der Waals surface area contributed by atoms with Crippen molar-refractivity contribution in [2.45, 2.75) is 18.3 Å². The fraction of sp³-hybridized carbons (Fsp3) is 0.211. The molecule has 5 nitrogen and oxygen atoms in total. The van der Waals surface area contributed by atoms with Gasteiger partial charge in [-0.1, -0.05) is 36.4 Å². The Balaban J connectivity index is 1.54. The van der Waals surface area contributed by atoms with Gasteiger partial charge >= 0.3 is 0 Å². The second-order valence-corrected chi connectivity index (χ2v) is 6.70. The Kier molecular flexibility index (Phi) is 5.36. The van der Waals surface area contributed by atoms with Gasteiger partial charge in [-0.2, -0.15) is 5.26 Å². The van der Waals surface area contributed by atoms with Crippen molar-refractivity contribution in [2.24, 2.45) is 0 Å². The number of nitrogens with zero attached hydrogens (tertiary/aromatic N) is 1. The highest BCUT2D eigenvalue weighted by atomic mass is 32.2. The van der Waals surface area contributed by atoms with Gasteiger partial charge in [-0.05, 0) is 28.8 Å². The summed E-state index contributed by atoms with van der Waals surface area (Å²) in [6.45, 7) is 0.495. The van der Waals surface area contributed by atoms with Gasteiger partial charge in [-0.3, -0.25) is 9.59 Å². The summed E-state index contributed by atoms with van der Waals surface area (Å²) in [4.78, 5) is 24.3. The van der Waals surface area contributed by atoms with Crippen molar-refractivity contribution < 1.29 is 9.59 Å². The summed E-state index contributed by atoms with van der Waals surface area (Å²) < 4.78 is 0. The lowest BCUT2D eigenvalue weighted by Gasteiger charge is -2.26. The second kappa shape index (κ2) is 7.86. The van der Waals surface area contributed by atoms with Gasteiger partial charge in [0.1, 0.15) is 6.04 Å². The SMILES string of the molecule is N#Cc1ccc(CSCC(=O)NC2C(=O)NCc3ccccc32)cc1. The zero-order valence-corrected chi connectivity index (χ0v) is 14.3. The molecule has 1 heterocycles. The predicted octanol–water partition coefficient (Wildman–Crippen LogP) is 2.28. The number of amides is 2. The molecule has 2 aromatic carbocycles. The van der Waals surface area contributed by atoms with Gasteiger partial charge in [0.25, 0.3) is 0 Å². The van der Waals surface area contributed by atoms with Crippen LogP contribution in [-0.2, 0) is 21.9 Å². The van der Waals surface area contributed by atoms with E-state index in [1.165, 1.54) is 11.8 Å². The molecule has 2 amide bonds. The quantitative estimate of drug-likeness (QED) is 0.866. The van der Waals surface area contributed by atoms with Crippen LogP contribution in [0.25, 0.3) is 0 Å². The van der Waals surface area contributed by atoms with Crippen LogP contribution in [0.1, 0.15) is 28.3 Å². The normalized spacial score (nSPS) is 15.6. The Morgan fingerprint density at radius 3 is 2.76 bits per heavy atom. The molecule has 0 saturated heterocycles. The van der Waals surface area contributed by atoms with E-state index in [1.54, 1.807) is 12.1 Å². The van der Waals surface area contributed by atoms with E-state index in [0.717, 1.165) is 16.7 Å². The zero-order chi connectivity index (χ0) is 17.6. The van der Waals surface area contributed by atoms with Crippen LogP contribution in [0.2, 0.25) is 0 Å². The van der Waals surface area contributed by atoms with Gasteiger partial charge in [-0.15, -0.1) is 11.8 Å². The highest BCUT2D eigenvalue weighted by Gasteiger charge is 2.28. The Morgan fingerprint density at radius 2 is 2.00 bits per heavy atom. The largest absolute Gasteiger partial charge is 0.350 e.